The average molecular weight is 536 g/mol. The van der Waals surface area contributed by atoms with Crippen molar-refractivity contribution in [2.45, 2.75) is 117 Å². The van der Waals surface area contributed by atoms with Gasteiger partial charge in [-0.05, 0) is 25.0 Å². The number of anilines is 1. The normalized spacial score (nSPS) is 10.6. The molecule has 0 saturated heterocycles. The molecule has 0 unspecified atom stereocenters. The summed E-state index contributed by atoms with van der Waals surface area (Å²) >= 11 is 0. The van der Waals surface area contributed by atoms with E-state index in [9.17, 15) is 14.4 Å². The number of rotatable bonds is 21. The Kier molecular flexibility index (Phi) is 19.5. The molecule has 0 spiro atoms. The first kappa shape index (κ1) is 33.3. The lowest BCUT2D eigenvalue weighted by molar-refractivity contribution is 0.0594. The molecule has 1 aromatic carbocycles. The van der Waals surface area contributed by atoms with E-state index in [4.69, 9.17) is 18.9 Å². The number of unbranched alkanes of at least 4 members (excludes halogenated alkanes) is 14. The first-order valence-corrected chi connectivity index (χ1v) is 14.5. The van der Waals surface area contributed by atoms with E-state index in [0.717, 1.165) is 38.5 Å². The zero-order valence-electron chi connectivity index (χ0n) is 23.8. The molecule has 216 valence electrons. The molecular formula is C30H49NO7. The topological polar surface area (TPSA) is 100 Å². The van der Waals surface area contributed by atoms with Crippen molar-refractivity contribution in [1.29, 1.82) is 0 Å². The van der Waals surface area contributed by atoms with Gasteiger partial charge in [-0.3, -0.25) is 5.32 Å². The average Bonchev–Trinajstić information content (AvgIpc) is 2.91. The number of hydrogen-bond acceptors (Lipinski definition) is 7. The zero-order chi connectivity index (χ0) is 27.8. The number of benzene rings is 1. The van der Waals surface area contributed by atoms with E-state index < -0.39 is 18.2 Å². The highest BCUT2D eigenvalue weighted by Gasteiger charge is 2.22. The number of para-hydroxylation sites is 1. The van der Waals surface area contributed by atoms with Gasteiger partial charge in [-0.1, -0.05) is 110 Å². The fourth-order valence-electron chi connectivity index (χ4n) is 4.07. The summed E-state index contributed by atoms with van der Waals surface area (Å²) in [6, 6.07) is 4.52. The minimum Gasteiger partial charge on any atom is -0.465 e. The smallest absolute Gasteiger partial charge is 0.465 e. The van der Waals surface area contributed by atoms with E-state index in [2.05, 4.69) is 19.2 Å². The fourth-order valence-corrected chi connectivity index (χ4v) is 4.07. The molecule has 0 aromatic heterocycles. The number of carbonyl (C=O) groups is 3. The van der Waals surface area contributed by atoms with E-state index in [1.807, 2.05) is 0 Å². The van der Waals surface area contributed by atoms with Crippen LogP contribution in [0.25, 0.3) is 0 Å². The van der Waals surface area contributed by atoms with Gasteiger partial charge in [0.25, 0.3) is 0 Å². The van der Waals surface area contributed by atoms with Crippen molar-refractivity contribution in [1.82, 2.24) is 0 Å². The van der Waals surface area contributed by atoms with Gasteiger partial charge in [0.2, 0.25) is 0 Å². The molecule has 0 heterocycles. The van der Waals surface area contributed by atoms with E-state index in [1.165, 1.54) is 83.5 Å². The molecule has 8 heteroatoms. The van der Waals surface area contributed by atoms with Crippen LogP contribution in [0.4, 0.5) is 15.3 Å². The summed E-state index contributed by atoms with van der Waals surface area (Å²) in [4.78, 5) is 36.9. The molecule has 1 rings (SSSR count). The van der Waals surface area contributed by atoms with Crippen molar-refractivity contribution in [3.05, 3.63) is 23.8 Å². The van der Waals surface area contributed by atoms with Gasteiger partial charge in [0, 0.05) is 0 Å². The Balaban J connectivity index is 2.50. The molecule has 0 radical (unpaired) electrons. The molecule has 0 bridgehead atoms. The molecule has 1 aromatic rings. The lowest BCUT2D eigenvalue weighted by atomic mass is 10.1. The summed E-state index contributed by atoms with van der Waals surface area (Å²) in [5, 5.41) is 2.56. The summed E-state index contributed by atoms with van der Waals surface area (Å²) in [6.45, 7) is 4.91. The quantitative estimate of drug-likeness (QED) is 0.0726. The van der Waals surface area contributed by atoms with Crippen LogP contribution in [0.15, 0.2) is 18.2 Å². The molecule has 0 saturated carbocycles. The first-order valence-electron chi connectivity index (χ1n) is 14.5. The maximum atomic E-state index is 12.3. The predicted molar refractivity (Wildman–Crippen MR) is 150 cm³/mol. The molecule has 0 aliphatic heterocycles. The second-order valence-electron chi connectivity index (χ2n) is 9.59. The van der Waals surface area contributed by atoms with Crippen LogP contribution in [-0.2, 0) is 14.2 Å². The summed E-state index contributed by atoms with van der Waals surface area (Å²) in [7, 11) is 1.23. The fraction of sp³-hybridized carbons (Fsp3) is 0.700. The van der Waals surface area contributed by atoms with Gasteiger partial charge < -0.3 is 18.9 Å². The molecule has 0 aliphatic carbocycles. The van der Waals surface area contributed by atoms with Crippen LogP contribution in [0.2, 0.25) is 0 Å². The van der Waals surface area contributed by atoms with Crippen LogP contribution in [-0.4, -0.2) is 38.5 Å². The van der Waals surface area contributed by atoms with Crippen LogP contribution in [0, 0.1) is 0 Å². The third-order valence-corrected chi connectivity index (χ3v) is 6.29. The minimum atomic E-state index is -0.945. The van der Waals surface area contributed by atoms with E-state index in [-0.39, 0.29) is 30.2 Å². The highest BCUT2D eigenvalue weighted by Crippen LogP contribution is 2.30. The SMILES string of the molecule is CCCCCCCCCCOC(=O)Nc1cccc(C(=O)OC)c1OC(=O)OCCCCCCCCCC. The van der Waals surface area contributed by atoms with Crippen molar-refractivity contribution < 1.29 is 33.3 Å². The van der Waals surface area contributed by atoms with Crippen LogP contribution < -0.4 is 10.1 Å². The number of esters is 1. The standard InChI is InChI=1S/C30H49NO7/c1-4-6-8-10-12-14-16-18-23-36-29(33)31-26-22-20-21-25(28(32)35-3)27(26)38-30(34)37-24-19-17-15-13-11-9-7-5-2/h20-22H,4-19,23-24H2,1-3H3,(H,31,33). The van der Waals surface area contributed by atoms with Gasteiger partial charge in [0.15, 0.2) is 5.75 Å². The maximum Gasteiger partial charge on any atom is 0.513 e. The van der Waals surface area contributed by atoms with Gasteiger partial charge in [0.05, 0.1) is 26.0 Å². The lowest BCUT2D eigenvalue weighted by Crippen LogP contribution is -2.19. The van der Waals surface area contributed by atoms with Gasteiger partial charge in [0.1, 0.15) is 5.56 Å². The summed E-state index contributed by atoms with van der Waals surface area (Å²) in [6.07, 6.45) is 16.5. The summed E-state index contributed by atoms with van der Waals surface area (Å²) < 4.78 is 20.6. The van der Waals surface area contributed by atoms with Crippen LogP contribution in [0.5, 0.6) is 5.75 Å². The molecule has 1 N–H and O–H groups in total. The third kappa shape index (κ3) is 15.5. The lowest BCUT2D eigenvalue weighted by Gasteiger charge is -2.14. The second kappa shape index (κ2) is 22.2. The minimum absolute atomic E-state index is 0.00241. The van der Waals surface area contributed by atoms with Crippen LogP contribution in [0.1, 0.15) is 127 Å². The zero-order valence-corrected chi connectivity index (χ0v) is 23.8. The molecule has 0 atom stereocenters. The van der Waals surface area contributed by atoms with Crippen molar-refractivity contribution in [3.63, 3.8) is 0 Å². The molecule has 0 aliphatic rings. The Morgan fingerprint density at radius 2 is 1.18 bits per heavy atom. The van der Waals surface area contributed by atoms with Crippen LogP contribution >= 0.6 is 0 Å². The maximum absolute atomic E-state index is 12.3. The summed E-state index contributed by atoms with van der Waals surface area (Å²) in [5.41, 5.74) is 0.121. The predicted octanol–water partition coefficient (Wildman–Crippen LogP) is 8.82. The van der Waals surface area contributed by atoms with E-state index >= 15 is 0 Å². The number of nitrogens with one attached hydrogen (secondary N) is 1. The highest BCUT2D eigenvalue weighted by atomic mass is 16.7. The van der Waals surface area contributed by atoms with Crippen molar-refractivity contribution in [2.75, 3.05) is 25.6 Å². The number of hydrogen-bond donors (Lipinski definition) is 1. The molecule has 1 amide bonds. The molecule has 8 nitrogen and oxygen atoms in total. The van der Waals surface area contributed by atoms with Crippen molar-refractivity contribution in [2.24, 2.45) is 0 Å². The number of amides is 1. The second-order valence-corrected chi connectivity index (χ2v) is 9.59. The van der Waals surface area contributed by atoms with Crippen LogP contribution in [0.3, 0.4) is 0 Å². The Morgan fingerprint density at radius 3 is 1.71 bits per heavy atom. The molecule has 38 heavy (non-hydrogen) atoms. The molecular weight excluding hydrogens is 486 g/mol. The van der Waals surface area contributed by atoms with Gasteiger partial charge in [-0.25, -0.2) is 14.4 Å². The van der Waals surface area contributed by atoms with Crippen molar-refractivity contribution >= 4 is 23.9 Å². The Bertz CT molecular complexity index is 797. The summed E-state index contributed by atoms with van der Waals surface area (Å²) in [5.74, 6) is -0.837. The van der Waals surface area contributed by atoms with Gasteiger partial charge in [-0.15, -0.1) is 0 Å². The van der Waals surface area contributed by atoms with E-state index in [1.54, 1.807) is 6.07 Å². The highest BCUT2D eigenvalue weighted by molar-refractivity contribution is 5.98. The number of carbonyl (C=O) groups excluding carboxylic acids is 3. The Hall–Kier alpha value is -2.77. The Morgan fingerprint density at radius 1 is 0.684 bits per heavy atom. The monoisotopic (exact) mass is 535 g/mol. The first-order chi connectivity index (χ1) is 18.5. The number of methoxy groups -OCH3 is 1. The van der Waals surface area contributed by atoms with Crippen molar-refractivity contribution in [3.8, 4) is 5.75 Å². The largest absolute Gasteiger partial charge is 0.513 e. The Labute approximate surface area is 229 Å². The number of ether oxygens (including phenoxy) is 4. The van der Waals surface area contributed by atoms with Gasteiger partial charge >= 0.3 is 18.2 Å². The van der Waals surface area contributed by atoms with E-state index in [0.29, 0.717) is 0 Å². The molecule has 0 fully saturated rings. The van der Waals surface area contributed by atoms with Gasteiger partial charge in [-0.2, -0.15) is 0 Å². The third-order valence-electron chi connectivity index (χ3n) is 6.29.